The molecular weight excluding hydrogens is 480 g/mol. The average molecular weight is 500 g/mol. The number of cyclic esters (lactones) is 2. The van der Waals surface area contributed by atoms with Crippen LogP contribution in [-0.4, -0.2) is 66.1 Å². The summed E-state index contributed by atoms with van der Waals surface area (Å²) in [6.07, 6.45) is -1.39. The summed E-state index contributed by atoms with van der Waals surface area (Å²) in [5, 5.41) is 22.7. The lowest BCUT2D eigenvalue weighted by atomic mass is 9.98. The van der Waals surface area contributed by atoms with Gasteiger partial charge >= 0.3 is 12.1 Å². The quantitative estimate of drug-likeness (QED) is 0.370. The molecule has 0 radical (unpaired) electrons. The van der Waals surface area contributed by atoms with E-state index in [9.17, 15) is 19.8 Å². The van der Waals surface area contributed by atoms with Crippen molar-refractivity contribution in [1.82, 2.24) is 0 Å². The van der Waals surface area contributed by atoms with Crippen LogP contribution in [0.15, 0.2) is 47.6 Å². The topological polar surface area (TPSA) is 124 Å². The fourth-order valence-electron chi connectivity index (χ4n) is 4.77. The highest BCUT2D eigenvalue weighted by molar-refractivity contribution is 6.08. The van der Waals surface area contributed by atoms with Gasteiger partial charge in [-0.2, -0.15) is 0 Å². The summed E-state index contributed by atoms with van der Waals surface area (Å²) in [6, 6.07) is 6.61. The van der Waals surface area contributed by atoms with E-state index in [1.807, 2.05) is 13.0 Å². The molecule has 2 aromatic carbocycles. The highest BCUT2D eigenvalue weighted by atomic mass is 16.8. The maximum absolute atomic E-state index is 13.3. The Morgan fingerprint density at radius 1 is 1.24 bits per heavy atom. The third-order valence-corrected chi connectivity index (χ3v) is 6.80. The molecule has 0 spiro atoms. The molecule has 2 N–H and O–H groups in total. The van der Waals surface area contributed by atoms with E-state index in [1.54, 1.807) is 12.1 Å². The van der Waals surface area contributed by atoms with Crippen LogP contribution in [0, 0.1) is 30.6 Å². The molecule has 6 rings (SSSR count). The minimum atomic E-state index is -1.23. The Labute approximate surface area is 211 Å². The molecule has 0 amide bonds. The van der Waals surface area contributed by atoms with E-state index in [0.717, 1.165) is 10.9 Å². The van der Waals surface area contributed by atoms with Crippen LogP contribution in [0.25, 0.3) is 10.8 Å². The molecule has 0 bridgehead atoms. The number of fused-ring (bicyclic) bond motifs is 3. The minimum Gasteiger partial charge on any atom is -0.507 e. The summed E-state index contributed by atoms with van der Waals surface area (Å²) in [4.78, 5) is 24.7. The Balaban J connectivity index is 1.32. The summed E-state index contributed by atoms with van der Waals surface area (Å²) in [7, 11) is 1.51. The van der Waals surface area contributed by atoms with Crippen LogP contribution in [0.3, 0.4) is 0 Å². The number of aromatic hydroxyl groups is 1. The molecule has 0 saturated carbocycles. The van der Waals surface area contributed by atoms with E-state index in [1.165, 1.54) is 25.3 Å². The normalized spacial score (nSPS) is 28.8. The first-order chi connectivity index (χ1) is 17.8. The summed E-state index contributed by atoms with van der Waals surface area (Å²) in [6.45, 7) is 1.86. The largest absolute Gasteiger partial charge is 0.508 e. The number of aliphatic hydroxyl groups excluding tert-OH is 1. The van der Waals surface area contributed by atoms with Gasteiger partial charge in [0.1, 0.15) is 29.8 Å². The molecule has 0 unspecified atom stereocenters. The third-order valence-electron chi connectivity index (χ3n) is 6.80. The predicted octanol–water partition coefficient (Wildman–Crippen LogP) is 2.31. The molecule has 2 aliphatic heterocycles. The van der Waals surface area contributed by atoms with Gasteiger partial charge in [-0.3, -0.25) is 0 Å². The fraction of sp³-hybridized carbons (Fsp3) is 0.286. The highest BCUT2D eigenvalue weighted by Crippen LogP contribution is 2.43. The van der Waals surface area contributed by atoms with Gasteiger partial charge in [-0.1, -0.05) is 29.7 Å². The zero-order valence-electron chi connectivity index (χ0n) is 19.7. The van der Waals surface area contributed by atoms with Gasteiger partial charge in [-0.25, -0.2) is 9.59 Å². The number of carbonyl (C=O) groups excluding carboxylic acids is 2. The number of phenolic OH excluding ortho intramolecular Hbond substituents is 1. The number of aliphatic hydroxyl groups is 1. The lowest BCUT2D eigenvalue weighted by molar-refractivity contribution is 0.0139. The van der Waals surface area contributed by atoms with Crippen molar-refractivity contribution in [1.29, 1.82) is 0 Å². The van der Waals surface area contributed by atoms with Crippen LogP contribution < -0.4 is 4.74 Å². The van der Waals surface area contributed by atoms with E-state index in [-0.39, 0.29) is 17.9 Å². The van der Waals surface area contributed by atoms with Crippen molar-refractivity contribution in [3.05, 3.63) is 58.7 Å². The fourth-order valence-corrected chi connectivity index (χ4v) is 4.77. The van der Waals surface area contributed by atoms with Crippen molar-refractivity contribution in [2.24, 2.45) is 0 Å². The van der Waals surface area contributed by atoms with Crippen molar-refractivity contribution < 1.29 is 43.5 Å². The number of ether oxygens (including phenoxy) is 5. The molecule has 2 saturated heterocycles. The molecule has 2 aliphatic carbocycles. The van der Waals surface area contributed by atoms with Crippen molar-refractivity contribution in [3.8, 4) is 35.2 Å². The van der Waals surface area contributed by atoms with Gasteiger partial charge in [0.15, 0.2) is 18.3 Å². The number of benzene rings is 2. The SMILES string of the molecule is COc1cc(C)c2ccc(O)c(C(=O)O[C@@H]3C=C4C#C[C@]5([C@H]6COC(=O)O6)O[C@@H]5C#CC=C4[C@H]3O)c2c1. The first-order valence-corrected chi connectivity index (χ1v) is 11.5. The van der Waals surface area contributed by atoms with Gasteiger partial charge in [-0.05, 0) is 48.2 Å². The van der Waals surface area contributed by atoms with Crippen LogP contribution in [0.1, 0.15) is 15.9 Å². The number of carbonyl (C=O) groups is 2. The maximum Gasteiger partial charge on any atom is 0.508 e. The molecule has 186 valence electrons. The second-order valence-corrected chi connectivity index (χ2v) is 8.99. The zero-order valence-corrected chi connectivity index (χ0v) is 19.7. The number of phenols is 1. The number of methoxy groups -OCH3 is 1. The Morgan fingerprint density at radius 3 is 2.84 bits per heavy atom. The Kier molecular flexibility index (Phi) is 5.16. The number of hydrogen-bond acceptors (Lipinski definition) is 9. The molecule has 2 aromatic rings. The second kappa shape index (κ2) is 8.31. The third kappa shape index (κ3) is 3.68. The zero-order chi connectivity index (χ0) is 25.9. The summed E-state index contributed by atoms with van der Waals surface area (Å²) >= 11 is 0. The molecule has 2 fully saturated rings. The van der Waals surface area contributed by atoms with Gasteiger partial charge in [0.05, 0.1) is 7.11 Å². The molecule has 4 aliphatic rings. The van der Waals surface area contributed by atoms with Gasteiger partial charge in [0.2, 0.25) is 5.60 Å². The highest BCUT2D eigenvalue weighted by Gasteiger charge is 2.64. The number of rotatable bonds is 4. The Morgan fingerprint density at radius 2 is 2.08 bits per heavy atom. The Bertz CT molecular complexity index is 1560. The standard InChI is InChI=1S/C28H20O9/c1-14-10-16(33-2)12-19-17(14)6-7-20(29)24(19)26(31)35-21-11-15-8-9-28(23-13-34-27(32)36-23)22(37-28)5-3-4-18(15)25(21)30/h4,6-7,10-12,21-23,25,29-30H,13H2,1-2H3/t21-,22-,23-,25-,28+/m1/s1. The van der Waals surface area contributed by atoms with E-state index in [4.69, 9.17) is 23.7 Å². The molecule has 2 heterocycles. The first kappa shape index (κ1) is 23.0. The molecule has 0 aromatic heterocycles. The number of allylic oxidation sites excluding steroid dienone is 1. The van der Waals surface area contributed by atoms with Gasteiger partial charge in [0.25, 0.3) is 0 Å². The Hall–Kier alpha value is -4.44. The van der Waals surface area contributed by atoms with Gasteiger partial charge < -0.3 is 33.9 Å². The molecule has 37 heavy (non-hydrogen) atoms. The van der Waals surface area contributed by atoms with Crippen molar-refractivity contribution in [3.63, 3.8) is 0 Å². The van der Waals surface area contributed by atoms with Crippen LogP contribution in [0.2, 0.25) is 0 Å². The summed E-state index contributed by atoms with van der Waals surface area (Å²) < 4.78 is 26.7. The van der Waals surface area contributed by atoms with Crippen molar-refractivity contribution in [2.45, 2.75) is 36.9 Å². The maximum atomic E-state index is 13.3. The number of aryl methyl sites for hydroxylation is 1. The average Bonchev–Trinajstić information content (AvgIpc) is 3.22. The first-order valence-electron chi connectivity index (χ1n) is 11.5. The molecule has 5 atom stereocenters. The lowest BCUT2D eigenvalue weighted by Crippen LogP contribution is -2.33. The molecular formula is C28H20O9. The van der Waals surface area contributed by atoms with Gasteiger partial charge in [0, 0.05) is 16.5 Å². The smallest absolute Gasteiger partial charge is 0.507 e. The van der Waals surface area contributed by atoms with Crippen molar-refractivity contribution in [2.75, 3.05) is 13.7 Å². The predicted molar refractivity (Wildman–Crippen MR) is 128 cm³/mol. The lowest BCUT2D eigenvalue weighted by Gasteiger charge is -2.17. The van der Waals surface area contributed by atoms with Crippen LogP contribution >= 0.6 is 0 Å². The van der Waals surface area contributed by atoms with Gasteiger partial charge in [-0.15, -0.1) is 0 Å². The number of epoxide rings is 1. The second-order valence-electron chi connectivity index (χ2n) is 8.99. The van der Waals surface area contributed by atoms with E-state index in [2.05, 4.69) is 23.7 Å². The summed E-state index contributed by atoms with van der Waals surface area (Å²) in [5.41, 5.74) is 0.470. The molecule has 9 nitrogen and oxygen atoms in total. The number of hydrogen-bond donors (Lipinski definition) is 2. The summed E-state index contributed by atoms with van der Waals surface area (Å²) in [5.74, 6) is 11.1. The van der Waals surface area contributed by atoms with E-state index < -0.39 is 42.1 Å². The molecule has 9 heteroatoms. The van der Waals surface area contributed by atoms with Crippen molar-refractivity contribution >= 4 is 22.9 Å². The van der Waals surface area contributed by atoms with Crippen LogP contribution in [0.4, 0.5) is 4.79 Å². The van der Waals surface area contributed by atoms with E-state index >= 15 is 0 Å². The monoisotopic (exact) mass is 500 g/mol. The number of esters is 1. The van der Waals surface area contributed by atoms with Crippen LogP contribution in [-0.2, 0) is 18.9 Å². The van der Waals surface area contributed by atoms with Crippen LogP contribution in [0.5, 0.6) is 11.5 Å². The van der Waals surface area contributed by atoms with E-state index in [0.29, 0.717) is 22.3 Å². The minimum absolute atomic E-state index is 0.00727.